The average molecular weight is 140 g/mol. The van der Waals surface area contributed by atoms with Crippen molar-refractivity contribution < 1.29 is 4.79 Å². The first-order valence-corrected chi connectivity index (χ1v) is 3.13. The Kier molecular flexibility index (Phi) is 2.88. The van der Waals surface area contributed by atoms with E-state index in [1.807, 2.05) is 20.8 Å². The Bertz CT molecular complexity index is 161. The van der Waals surface area contributed by atoms with Crippen LogP contribution >= 0.6 is 0 Å². The largest absolute Gasteiger partial charge is 0.274 e. The highest BCUT2D eigenvalue weighted by molar-refractivity contribution is 5.77. The molecule has 0 rings (SSSR count). The maximum absolute atomic E-state index is 10.7. The first kappa shape index (κ1) is 8.96. The molecule has 0 aliphatic carbocycles. The highest BCUT2D eigenvalue weighted by Crippen LogP contribution is 2.17. The van der Waals surface area contributed by atoms with Gasteiger partial charge in [0.15, 0.2) is 6.19 Å². The van der Waals surface area contributed by atoms with Gasteiger partial charge in [-0.1, -0.05) is 20.8 Å². The summed E-state index contributed by atoms with van der Waals surface area (Å²) in [7, 11) is 0. The molecule has 0 spiro atoms. The van der Waals surface area contributed by atoms with Crippen molar-refractivity contribution in [2.24, 2.45) is 5.41 Å². The van der Waals surface area contributed by atoms with Gasteiger partial charge in [0.25, 0.3) is 0 Å². The zero-order valence-electron chi connectivity index (χ0n) is 6.56. The first-order valence-electron chi connectivity index (χ1n) is 3.13. The smallest absolute Gasteiger partial charge is 0.233 e. The van der Waals surface area contributed by atoms with Gasteiger partial charge >= 0.3 is 0 Å². The van der Waals surface area contributed by atoms with Crippen molar-refractivity contribution in [3.63, 3.8) is 0 Å². The summed E-state index contributed by atoms with van der Waals surface area (Å²) in [6.07, 6.45) is 1.98. The number of carbonyl (C=O) groups is 1. The van der Waals surface area contributed by atoms with E-state index >= 15 is 0 Å². The SMILES string of the molecule is CC(C)(C)CC(=O)NC#N. The molecule has 3 nitrogen and oxygen atoms in total. The predicted octanol–water partition coefficient (Wildman–Crippen LogP) is 1.02. The minimum absolute atomic E-state index is 0.0407. The third-order valence-electron chi connectivity index (χ3n) is 0.886. The van der Waals surface area contributed by atoms with Crippen molar-refractivity contribution >= 4 is 5.91 Å². The molecule has 0 unspecified atom stereocenters. The fourth-order valence-electron chi connectivity index (χ4n) is 0.588. The fraction of sp³-hybridized carbons (Fsp3) is 0.714. The number of rotatable bonds is 1. The van der Waals surface area contributed by atoms with Crippen LogP contribution in [0.3, 0.4) is 0 Å². The Morgan fingerprint density at radius 3 is 2.40 bits per heavy atom. The third kappa shape index (κ3) is 5.10. The number of hydrogen-bond acceptors (Lipinski definition) is 2. The number of nitrogens with zero attached hydrogens (tertiary/aromatic N) is 1. The maximum Gasteiger partial charge on any atom is 0.233 e. The minimum atomic E-state index is -0.213. The average Bonchev–Trinajstić information content (AvgIpc) is 1.59. The lowest BCUT2D eigenvalue weighted by Crippen LogP contribution is -2.23. The van der Waals surface area contributed by atoms with Crippen LogP contribution in [0, 0.1) is 16.9 Å². The van der Waals surface area contributed by atoms with Crippen molar-refractivity contribution in [3.05, 3.63) is 0 Å². The molecule has 0 aromatic carbocycles. The van der Waals surface area contributed by atoms with Gasteiger partial charge in [-0.2, -0.15) is 5.26 Å². The Labute approximate surface area is 61.0 Å². The zero-order valence-corrected chi connectivity index (χ0v) is 6.56. The second kappa shape index (κ2) is 3.21. The van der Waals surface area contributed by atoms with Gasteiger partial charge in [-0.3, -0.25) is 10.1 Å². The molecule has 0 saturated heterocycles. The van der Waals surface area contributed by atoms with Crippen LogP contribution in [0.2, 0.25) is 0 Å². The Morgan fingerprint density at radius 1 is 1.60 bits per heavy atom. The quantitative estimate of drug-likeness (QED) is 0.436. The van der Waals surface area contributed by atoms with E-state index in [0.29, 0.717) is 6.42 Å². The standard InChI is InChI=1S/C7H12N2O/c1-7(2,3)4-6(10)9-5-8/h4H2,1-3H3,(H,9,10). The number of nitrogens with one attached hydrogen (secondary N) is 1. The van der Waals surface area contributed by atoms with E-state index in [9.17, 15) is 4.79 Å². The van der Waals surface area contributed by atoms with Crippen LogP contribution in [0.25, 0.3) is 0 Å². The van der Waals surface area contributed by atoms with Gasteiger partial charge in [0.05, 0.1) is 0 Å². The summed E-state index contributed by atoms with van der Waals surface area (Å²) >= 11 is 0. The van der Waals surface area contributed by atoms with Gasteiger partial charge < -0.3 is 0 Å². The highest BCUT2D eigenvalue weighted by atomic mass is 16.1. The summed E-state index contributed by atoms with van der Waals surface area (Å²) in [6, 6.07) is 0. The molecule has 0 fully saturated rings. The lowest BCUT2D eigenvalue weighted by atomic mass is 9.92. The van der Waals surface area contributed by atoms with E-state index in [2.05, 4.69) is 5.32 Å². The summed E-state index contributed by atoms with van der Waals surface area (Å²) in [5.41, 5.74) is -0.0407. The molecule has 1 N–H and O–H groups in total. The van der Waals surface area contributed by atoms with Gasteiger partial charge in [-0.05, 0) is 5.41 Å². The van der Waals surface area contributed by atoms with E-state index in [1.165, 1.54) is 0 Å². The van der Waals surface area contributed by atoms with Crippen LogP contribution < -0.4 is 5.32 Å². The molecule has 0 aromatic rings. The molecule has 0 aromatic heterocycles. The third-order valence-corrected chi connectivity index (χ3v) is 0.886. The molecule has 10 heavy (non-hydrogen) atoms. The molecule has 3 heteroatoms. The molecule has 0 bridgehead atoms. The van der Waals surface area contributed by atoms with Gasteiger partial charge in [0.1, 0.15) is 0 Å². The molecule has 0 atom stereocenters. The van der Waals surface area contributed by atoms with Crippen LogP contribution in [0.4, 0.5) is 0 Å². The Balaban J connectivity index is 3.72. The Morgan fingerprint density at radius 2 is 2.10 bits per heavy atom. The molecule has 0 heterocycles. The van der Waals surface area contributed by atoms with Gasteiger partial charge in [-0.25, -0.2) is 0 Å². The first-order chi connectivity index (χ1) is 4.45. The van der Waals surface area contributed by atoms with Crippen molar-refractivity contribution in [2.45, 2.75) is 27.2 Å². The zero-order chi connectivity index (χ0) is 8.20. The summed E-state index contributed by atoms with van der Waals surface area (Å²) in [4.78, 5) is 10.7. The van der Waals surface area contributed by atoms with Crippen molar-refractivity contribution in [1.29, 1.82) is 5.26 Å². The molecule has 0 aliphatic heterocycles. The normalized spacial score (nSPS) is 10.2. The molecular formula is C7H12N2O. The van der Waals surface area contributed by atoms with E-state index in [1.54, 1.807) is 6.19 Å². The van der Waals surface area contributed by atoms with Crippen molar-refractivity contribution in [2.75, 3.05) is 0 Å². The van der Waals surface area contributed by atoms with Crippen LogP contribution in [-0.4, -0.2) is 5.91 Å². The van der Waals surface area contributed by atoms with Crippen molar-refractivity contribution in [1.82, 2.24) is 5.32 Å². The second-order valence-electron chi connectivity index (χ2n) is 3.40. The molecule has 0 aliphatic rings. The molecule has 0 radical (unpaired) electrons. The van der Waals surface area contributed by atoms with E-state index in [0.717, 1.165) is 0 Å². The van der Waals surface area contributed by atoms with Gasteiger partial charge in [-0.15, -0.1) is 0 Å². The lowest BCUT2D eigenvalue weighted by Gasteiger charge is -2.15. The van der Waals surface area contributed by atoms with Crippen LogP contribution in [-0.2, 0) is 4.79 Å². The van der Waals surface area contributed by atoms with Crippen LogP contribution in [0.5, 0.6) is 0 Å². The molecule has 0 saturated carbocycles. The molecule has 56 valence electrons. The highest BCUT2D eigenvalue weighted by Gasteiger charge is 2.14. The van der Waals surface area contributed by atoms with Crippen LogP contribution in [0.15, 0.2) is 0 Å². The number of carbonyl (C=O) groups excluding carboxylic acids is 1. The number of amides is 1. The van der Waals surface area contributed by atoms with E-state index < -0.39 is 0 Å². The van der Waals surface area contributed by atoms with Crippen LogP contribution in [0.1, 0.15) is 27.2 Å². The predicted molar refractivity (Wildman–Crippen MR) is 37.8 cm³/mol. The number of hydrogen-bond donors (Lipinski definition) is 1. The van der Waals surface area contributed by atoms with Gasteiger partial charge in [0.2, 0.25) is 5.91 Å². The lowest BCUT2D eigenvalue weighted by molar-refractivity contribution is -0.121. The Hall–Kier alpha value is -1.04. The topological polar surface area (TPSA) is 52.9 Å². The van der Waals surface area contributed by atoms with Gasteiger partial charge in [0, 0.05) is 6.42 Å². The van der Waals surface area contributed by atoms with Crippen molar-refractivity contribution in [3.8, 4) is 6.19 Å². The second-order valence-corrected chi connectivity index (χ2v) is 3.40. The van der Waals surface area contributed by atoms with E-state index in [4.69, 9.17) is 5.26 Å². The maximum atomic E-state index is 10.7. The summed E-state index contributed by atoms with van der Waals surface area (Å²) in [5, 5.41) is 10.1. The molecular weight excluding hydrogens is 128 g/mol. The van der Waals surface area contributed by atoms with E-state index in [-0.39, 0.29) is 11.3 Å². The summed E-state index contributed by atoms with van der Waals surface area (Å²) in [6.45, 7) is 5.85. The minimum Gasteiger partial charge on any atom is -0.274 e. The summed E-state index contributed by atoms with van der Waals surface area (Å²) < 4.78 is 0. The number of nitriles is 1. The summed E-state index contributed by atoms with van der Waals surface area (Å²) in [5.74, 6) is -0.213. The molecule has 1 amide bonds. The fourth-order valence-corrected chi connectivity index (χ4v) is 0.588. The monoisotopic (exact) mass is 140 g/mol.